The first-order valence-corrected chi connectivity index (χ1v) is 6.36. The Morgan fingerprint density at radius 3 is 2.40 bits per heavy atom. The Balaban J connectivity index is 2.15. The van der Waals surface area contributed by atoms with Crippen molar-refractivity contribution >= 4 is 17.5 Å². The van der Waals surface area contributed by atoms with Crippen molar-refractivity contribution in [1.29, 1.82) is 0 Å². The number of hydrogen-bond acceptors (Lipinski definition) is 1. The molecule has 2 rings (SSSR count). The second-order valence-corrected chi connectivity index (χ2v) is 4.84. The summed E-state index contributed by atoms with van der Waals surface area (Å²) in [5.74, 6) is -2.12. The highest BCUT2D eigenvalue weighted by atomic mass is 35.5. The van der Waals surface area contributed by atoms with E-state index in [1.807, 2.05) is 6.07 Å². The summed E-state index contributed by atoms with van der Waals surface area (Å²) in [6.45, 7) is 1.76. The third-order valence-corrected chi connectivity index (χ3v) is 3.06. The molecule has 0 fully saturated rings. The fourth-order valence-corrected chi connectivity index (χ4v) is 2.02. The van der Waals surface area contributed by atoms with E-state index in [1.54, 1.807) is 25.1 Å². The Morgan fingerprint density at radius 1 is 1.15 bits per heavy atom. The van der Waals surface area contributed by atoms with Crippen molar-refractivity contribution in [1.82, 2.24) is 5.32 Å². The van der Waals surface area contributed by atoms with Gasteiger partial charge < -0.3 is 5.32 Å². The smallest absolute Gasteiger partial charge is 0.251 e. The Labute approximate surface area is 120 Å². The summed E-state index contributed by atoms with van der Waals surface area (Å²) in [5, 5.41) is 3.22. The third-order valence-electron chi connectivity index (χ3n) is 2.82. The van der Waals surface area contributed by atoms with Crippen LogP contribution in [0.15, 0.2) is 42.5 Å². The summed E-state index contributed by atoms with van der Waals surface area (Å²) in [6, 6.07) is 9.39. The van der Waals surface area contributed by atoms with Crippen LogP contribution in [0.2, 0.25) is 5.02 Å². The van der Waals surface area contributed by atoms with E-state index in [9.17, 15) is 13.6 Å². The van der Waals surface area contributed by atoms with Crippen LogP contribution in [-0.2, 0) is 0 Å². The van der Waals surface area contributed by atoms with Crippen molar-refractivity contribution in [2.75, 3.05) is 0 Å². The van der Waals surface area contributed by atoms with Gasteiger partial charge in [-0.05, 0) is 36.8 Å². The molecule has 0 aliphatic heterocycles. The second kappa shape index (κ2) is 6.01. The molecule has 5 heteroatoms. The Morgan fingerprint density at radius 2 is 1.80 bits per heavy atom. The molecule has 1 N–H and O–H groups in total. The second-order valence-electron chi connectivity index (χ2n) is 4.41. The Hall–Kier alpha value is -1.94. The lowest BCUT2D eigenvalue weighted by Gasteiger charge is -2.14. The fourth-order valence-electron chi connectivity index (χ4n) is 1.82. The molecule has 0 aromatic heterocycles. The normalized spacial score (nSPS) is 12.0. The number of rotatable bonds is 3. The van der Waals surface area contributed by atoms with Gasteiger partial charge in [-0.1, -0.05) is 23.7 Å². The minimum atomic E-state index is -0.787. The van der Waals surface area contributed by atoms with Crippen molar-refractivity contribution in [2.24, 2.45) is 0 Å². The summed E-state index contributed by atoms with van der Waals surface area (Å²) in [6.07, 6.45) is 0. The summed E-state index contributed by atoms with van der Waals surface area (Å²) in [4.78, 5) is 11.9. The average Bonchev–Trinajstić information content (AvgIpc) is 2.37. The van der Waals surface area contributed by atoms with Gasteiger partial charge in [0.25, 0.3) is 5.91 Å². The molecule has 0 spiro atoms. The molecule has 2 aromatic carbocycles. The van der Waals surface area contributed by atoms with Crippen LogP contribution in [0.4, 0.5) is 8.78 Å². The maximum Gasteiger partial charge on any atom is 0.251 e. The third kappa shape index (κ3) is 3.54. The molecule has 0 bridgehead atoms. The molecule has 1 unspecified atom stereocenters. The molecule has 0 saturated heterocycles. The number of amides is 1. The van der Waals surface area contributed by atoms with E-state index >= 15 is 0 Å². The molecule has 1 atom stereocenters. The van der Waals surface area contributed by atoms with E-state index in [1.165, 1.54) is 0 Å². The number of benzene rings is 2. The summed E-state index contributed by atoms with van der Waals surface area (Å²) < 4.78 is 26.1. The first-order chi connectivity index (χ1) is 9.45. The van der Waals surface area contributed by atoms with Gasteiger partial charge in [0.15, 0.2) is 0 Å². The van der Waals surface area contributed by atoms with Gasteiger partial charge in [0, 0.05) is 16.7 Å². The van der Waals surface area contributed by atoms with Gasteiger partial charge in [-0.3, -0.25) is 4.79 Å². The standard InChI is InChI=1S/C15H12ClF2NO/c1-9(10-3-2-4-12(16)5-10)19-15(20)11-6-13(17)8-14(18)7-11/h2-9H,1H3,(H,19,20). The zero-order chi connectivity index (χ0) is 14.7. The maximum atomic E-state index is 13.1. The molecular formula is C15H12ClF2NO. The van der Waals surface area contributed by atoms with E-state index in [4.69, 9.17) is 11.6 Å². The molecule has 0 saturated carbocycles. The van der Waals surface area contributed by atoms with Gasteiger partial charge in [-0.25, -0.2) is 8.78 Å². The van der Waals surface area contributed by atoms with E-state index in [2.05, 4.69) is 5.32 Å². The predicted octanol–water partition coefficient (Wildman–Crippen LogP) is 4.11. The summed E-state index contributed by atoms with van der Waals surface area (Å²) >= 11 is 5.87. The van der Waals surface area contributed by atoms with E-state index in [-0.39, 0.29) is 11.6 Å². The predicted molar refractivity (Wildman–Crippen MR) is 73.7 cm³/mol. The molecule has 1 amide bonds. The van der Waals surface area contributed by atoms with Crippen molar-refractivity contribution < 1.29 is 13.6 Å². The minimum absolute atomic E-state index is 0.0589. The minimum Gasteiger partial charge on any atom is -0.346 e. The van der Waals surface area contributed by atoms with Gasteiger partial charge in [0.05, 0.1) is 6.04 Å². The van der Waals surface area contributed by atoms with Crippen LogP contribution < -0.4 is 5.32 Å². The first kappa shape index (κ1) is 14.5. The number of nitrogens with one attached hydrogen (secondary N) is 1. The summed E-state index contributed by atoms with van der Waals surface area (Å²) in [7, 11) is 0. The van der Waals surface area contributed by atoms with Crippen molar-refractivity contribution in [2.45, 2.75) is 13.0 Å². The Kier molecular flexibility index (Phi) is 4.35. The van der Waals surface area contributed by atoms with Crippen LogP contribution in [-0.4, -0.2) is 5.91 Å². The van der Waals surface area contributed by atoms with Gasteiger partial charge in [-0.2, -0.15) is 0 Å². The van der Waals surface area contributed by atoms with Gasteiger partial charge in [-0.15, -0.1) is 0 Å². The number of halogens is 3. The maximum absolute atomic E-state index is 13.1. The molecule has 2 aromatic rings. The topological polar surface area (TPSA) is 29.1 Å². The van der Waals surface area contributed by atoms with E-state index in [0.29, 0.717) is 5.02 Å². The zero-order valence-electron chi connectivity index (χ0n) is 10.7. The van der Waals surface area contributed by atoms with Crippen LogP contribution in [0.5, 0.6) is 0 Å². The first-order valence-electron chi connectivity index (χ1n) is 5.98. The number of hydrogen-bond donors (Lipinski definition) is 1. The number of carbonyl (C=O) groups excluding carboxylic acids is 1. The molecule has 0 radical (unpaired) electrons. The van der Waals surface area contributed by atoms with Gasteiger partial charge in [0.1, 0.15) is 11.6 Å². The summed E-state index contributed by atoms with van der Waals surface area (Å²) in [5.41, 5.74) is 0.749. The van der Waals surface area contributed by atoms with Crippen LogP contribution >= 0.6 is 11.6 Å². The highest BCUT2D eigenvalue weighted by Crippen LogP contribution is 2.18. The molecular weight excluding hydrogens is 284 g/mol. The van der Waals surface area contributed by atoms with E-state index < -0.39 is 17.5 Å². The van der Waals surface area contributed by atoms with Crippen molar-refractivity contribution in [3.05, 3.63) is 70.2 Å². The molecule has 20 heavy (non-hydrogen) atoms. The average molecular weight is 296 g/mol. The monoisotopic (exact) mass is 295 g/mol. The van der Waals surface area contributed by atoms with Gasteiger partial charge in [0.2, 0.25) is 0 Å². The molecule has 0 aliphatic carbocycles. The SMILES string of the molecule is CC(NC(=O)c1cc(F)cc(F)c1)c1cccc(Cl)c1. The lowest BCUT2D eigenvalue weighted by atomic mass is 10.1. The van der Waals surface area contributed by atoms with Crippen LogP contribution in [0, 0.1) is 11.6 Å². The molecule has 0 aliphatic rings. The van der Waals surface area contributed by atoms with Crippen LogP contribution in [0.25, 0.3) is 0 Å². The largest absolute Gasteiger partial charge is 0.346 e. The van der Waals surface area contributed by atoms with Gasteiger partial charge >= 0.3 is 0 Å². The van der Waals surface area contributed by atoms with Crippen LogP contribution in [0.1, 0.15) is 28.9 Å². The van der Waals surface area contributed by atoms with Crippen LogP contribution in [0.3, 0.4) is 0 Å². The molecule has 2 nitrogen and oxygen atoms in total. The van der Waals surface area contributed by atoms with Crippen molar-refractivity contribution in [3.8, 4) is 0 Å². The highest BCUT2D eigenvalue weighted by molar-refractivity contribution is 6.30. The fraction of sp³-hybridized carbons (Fsp3) is 0.133. The van der Waals surface area contributed by atoms with Crippen molar-refractivity contribution in [3.63, 3.8) is 0 Å². The highest BCUT2D eigenvalue weighted by Gasteiger charge is 2.13. The number of carbonyl (C=O) groups is 1. The Bertz CT molecular complexity index is 625. The van der Waals surface area contributed by atoms with E-state index in [0.717, 1.165) is 23.8 Å². The molecule has 104 valence electrons. The lowest BCUT2D eigenvalue weighted by molar-refractivity contribution is 0.0939. The lowest BCUT2D eigenvalue weighted by Crippen LogP contribution is -2.26. The quantitative estimate of drug-likeness (QED) is 0.907. The molecule has 0 heterocycles. The zero-order valence-corrected chi connectivity index (χ0v) is 11.4.